The highest BCUT2D eigenvalue weighted by molar-refractivity contribution is 5.53. The predicted octanol–water partition coefficient (Wildman–Crippen LogP) is 9.45. The highest BCUT2D eigenvalue weighted by Crippen LogP contribution is 2.66. The van der Waals surface area contributed by atoms with Crippen LogP contribution in [-0.2, 0) is 0 Å². The Hall–Kier alpha value is -0.890. The average molecular weight is 677 g/mol. The number of piperidine rings is 4. The first-order chi connectivity index (χ1) is 21.3. The second-order valence-corrected chi connectivity index (χ2v) is 22.4. The molecule has 4 rings (SSSR count). The molecular weight excluding hydrogens is 596 g/mol. The number of carboxylic acid groups (broad SMARTS) is 2. The minimum atomic E-state index is -1.83. The number of carbonyl (C=O) groups is 1. The molecule has 4 fully saturated rings. The van der Waals surface area contributed by atoms with Crippen molar-refractivity contribution in [1.29, 1.82) is 0 Å². The fourth-order valence-electron chi connectivity index (χ4n) is 13.7. The average Bonchev–Trinajstić information content (AvgIpc) is 2.73. The molecule has 0 spiro atoms. The van der Waals surface area contributed by atoms with Crippen molar-refractivity contribution in [2.75, 3.05) is 0 Å². The SMILES string of the molecule is CCC(C1CC(C)(C)NC(C)(C)C1)C(C1CC(C)(C)NC(C)(C)C1)(C1CC(C)(C)NC(C)(C)C1)C1CC(C)(C)NC(C)(C)C1.O=C(O)O. The summed E-state index contributed by atoms with van der Waals surface area (Å²) in [5, 5.41) is 30.4. The molecule has 0 saturated carbocycles. The molecule has 0 amide bonds. The lowest BCUT2D eigenvalue weighted by molar-refractivity contribution is -0.165. The number of hydrogen-bond acceptors (Lipinski definition) is 5. The first-order valence-corrected chi connectivity index (χ1v) is 19.3. The summed E-state index contributed by atoms with van der Waals surface area (Å²) in [6, 6.07) is 0. The summed E-state index contributed by atoms with van der Waals surface area (Å²) in [7, 11) is 0. The Labute approximate surface area is 296 Å². The third-order valence-electron chi connectivity index (χ3n) is 12.6. The lowest BCUT2D eigenvalue weighted by Crippen LogP contribution is -2.70. The van der Waals surface area contributed by atoms with Crippen molar-refractivity contribution in [2.24, 2.45) is 35.0 Å². The molecule has 1 unspecified atom stereocenters. The first kappa shape index (κ1) is 41.5. The fraction of sp³-hybridized carbons (Fsp3) is 0.976. The zero-order chi connectivity index (χ0) is 37.2. The Kier molecular flexibility index (Phi) is 11.5. The summed E-state index contributed by atoms with van der Waals surface area (Å²) in [5.74, 6) is 3.47. The molecule has 0 aromatic carbocycles. The van der Waals surface area contributed by atoms with Gasteiger partial charge in [-0.15, -0.1) is 0 Å². The Morgan fingerprint density at radius 3 is 0.875 bits per heavy atom. The molecule has 0 aromatic rings. The van der Waals surface area contributed by atoms with Crippen LogP contribution in [0.1, 0.15) is 175 Å². The highest BCUT2D eigenvalue weighted by Gasteiger charge is 2.64. The van der Waals surface area contributed by atoms with Crippen LogP contribution in [0.4, 0.5) is 4.79 Å². The summed E-state index contributed by atoms with van der Waals surface area (Å²) >= 11 is 0. The topological polar surface area (TPSA) is 106 Å². The summed E-state index contributed by atoms with van der Waals surface area (Å²) in [4.78, 5) is 8.56. The van der Waals surface area contributed by atoms with Crippen LogP contribution in [0, 0.1) is 35.0 Å². The van der Waals surface area contributed by atoms with Crippen LogP contribution in [0.2, 0.25) is 0 Å². The summed E-state index contributed by atoms with van der Waals surface area (Å²) in [6.07, 6.45) is 9.69. The van der Waals surface area contributed by atoms with Crippen LogP contribution in [0.15, 0.2) is 0 Å². The van der Waals surface area contributed by atoms with Gasteiger partial charge in [0.2, 0.25) is 0 Å². The van der Waals surface area contributed by atoms with E-state index in [9.17, 15) is 0 Å². The Balaban J connectivity index is 0.00000148. The molecule has 0 aromatic heterocycles. The van der Waals surface area contributed by atoms with Crippen LogP contribution in [0.5, 0.6) is 0 Å². The second kappa shape index (κ2) is 13.3. The van der Waals surface area contributed by atoms with E-state index in [-0.39, 0.29) is 49.7 Å². The van der Waals surface area contributed by atoms with Gasteiger partial charge in [0, 0.05) is 44.3 Å². The van der Waals surface area contributed by atoms with Gasteiger partial charge < -0.3 is 31.5 Å². The maximum absolute atomic E-state index is 8.56. The minimum absolute atomic E-state index is 0.124. The Bertz CT molecular complexity index is 973. The maximum Gasteiger partial charge on any atom is 0.503 e. The van der Waals surface area contributed by atoms with E-state index < -0.39 is 6.16 Å². The second-order valence-electron chi connectivity index (χ2n) is 22.4. The Morgan fingerprint density at radius 1 is 0.500 bits per heavy atom. The zero-order valence-corrected chi connectivity index (χ0v) is 34.6. The summed E-state index contributed by atoms with van der Waals surface area (Å²) in [6.45, 7) is 42.7. The van der Waals surface area contributed by atoms with Gasteiger partial charge in [0.15, 0.2) is 0 Å². The van der Waals surface area contributed by atoms with Crippen molar-refractivity contribution in [1.82, 2.24) is 21.3 Å². The summed E-state index contributed by atoms with van der Waals surface area (Å²) < 4.78 is 0. The molecule has 0 bridgehead atoms. The van der Waals surface area contributed by atoms with E-state index in [0.717, 1.165) is 5.92 Å². The largest absolute Gasteiger partial charge is 0.503 e. The van der Waals surface area contributed by atoms with E-state index >= 15 is 0 Å². The van der Waals surface area contributed by atoms with Gasteiger partial charge in [-0.25, -0.2) is 4.79 Å². The molecule has 48 heavy (non-hydrogen) atoms. The van der Waals surface area contributed by atoms with Crippen molar-refractivity contribution < 1.29 is 15.0 Å². The fourth-order valence-corrected chi connectivity index (χ4v) is 13.7. The standard InChI is InChI=1S/C40H78N4.CH2O3/c1-18-31(27-19-32(2,3)41-33(4,5)20-27)40(28-21-34(6,7)42-35(8,9)22-28,29-23-36(10,11)43-37(12,13)24-29)30-25-38(14,15)44-39(16,17)26-30;2-1(3)4/h27-31,41-44H,18-26H2,1-17H3;(H2,2,3,4). The molecule has 0 aliphatic carbocycles. The lowest BCUT2D eigenvalue weighted by Gasteiger charge is -2.68. The smallest absolute Gasteiger partial charge is 0.450 e. The van der Waals surface area contributed by atoms with Gasteiger partial charge in [-0.3, -0.25) is 0 Å². The molecule has 0 radical (unpaired) electrons. The van der Waals surface area contributed by atoms with E-state index in [4.69, 9.17) is 15.0 Å². The van der Waals surface area contributed by atoms with E-state index in [1.807, 2.05) is 0 Å². The van der Waals surface area contributed by atoms with Crippen molar-refractivity contribution in [3.63, 3.8) is 0 Å². The van der Waals surface area contributed by atoms with Gasteiger partial charge in [-0.1, -0.05) is 13.3 Å². The molecule has 4 heterocycles. The molecule has 6 N–H and O–H groups in total. The van der Waals surface area contributed by atoms with Gasteiger partial charge in [0.05, 0.1) is 0 Å². The molecule has 4 aliphatic heterocycles. The minimum Gasteiger partial charge on any atom is -0.450 e. The molecular formula is C41H80N4O3. The predicted molar refractivity (Wildman–Crippen MR) is 203 cm³/mol. The molecule has 7 nitrogen and oxygen atoms in total. The highest BCUT2D eigenvalue weighted by atomic mass is 16.6. The van der Waals surface area contributed by atoms with Crippen molar-refractivity contribution >= 4 is 6.16 Å². The number of nitrogens with one attached hydrogen (secondary N) is 4. The maximum atomic E-state index is 8.56. The quantitative estimate of drug-likeness (QED) is 0.167. The Morgan fingerprint density at radius 2 is 0.688 bits per heavy atom. The van der Waals surface area contributed by atoms with E-state index in [2.05, 4.69) is 139 Å². The van der Waals surface area contributed by atoms with Crippen molar-refractivity contribution in [3.8, 4) is 0 Å². The first-order valence-electron chi connectivity index (χ1n) is 19.3. The lowest BCUT2D eigenvalue weighted by atomic mass is 9.41. The number of hydrogen-bond donors (Lipinski definition) is 6. The van der Waals surface area contributed by atoms with Gasteiger partial charge in [0.1, 0.15) is 0 Å². The van der Waals surface area contributed by atoms with Crippen molar-refractivity contribution in [2.45, 2.75) is 220 Å². The van der Waals surface area contributed by atoms with Crippen molar-refractivity contribution in [3.05, 3.63) is 0 Å². The van der Waals surface area contributed by atoms with Gasteiger partial charge in [-0.05, 0) is 197 Å². The van der Waals surface area contributed by atoms with Crippen LogP contribution in [0.3, 0.4) is 0 Å². The molecule has 4 saturated heterocycles. The molecule has 4 aliphatic rings. The molecule has 7 heteroatoms. The molecule has 1 atom stereocenters. The van der Waals surface area contributed by atoms with Crippen LogP contribution in [-0.4, -0.2) is 60.7 Å². The third-order valence-corrected chi connectivity index (χ3v) is 12.6. The summed E-state index contributed by atoms with van der Waals surface area (Å²) in [5.41, 5.74) is 1.30. The zero-order valence-electron chi connectivity index (χ0n) is 34.6. The van der Waals surface area contributed by atoms with Crippen LogP contribution < -0.4 is 21.3 Å². The van der Waals surface area contributed by atoms with Gasteiger partial charge in [-0.2, -0.15) is 0 Å². The normalized spacial score (nSPS) is 30.4. The van der Waals surface area contributed by atoms with E-state index in [1.165, 1.54) is 57.8 Å². The van der Waals surface area contributed by atoms with E-state index in [0.29, 0.717) is 23.7 Å². The van der Waals surface area contributed by atoms with Crippen LogP contribution >= 0.6 is 0 Å². The van der Waals surface area contributed by atoms with Crippen LogP contribution in [0.25, 0.3) is 0 Å². The van der Waals surface area contributed by atoms with Gasteiger partial charge in [0.25, 0.3) is 0 Å². The number of rotatable bonds is 6. The monoisotopic (exact) mass is 677 g/mol. The van der Waals surface area contributed by atoms with E-state index in [1.54, 1.807) is 0 Å². The van der Waals surface area contributed by atoms with Gasteiger partial charge >= 0.3 is 6.16 Å². The molecule has 282 valence electrons. The third kappa shape index (κ3) is 10.1.